The van der Waals surface area contributed by atoms with E-state index in [1.807, 2.05) is 12.1 Å². The molecule has 3 heteroatoms. The van der Waals surface area contributed by atoms with Crippen LogP contribution >= 0.6 is 0 Å². The van der Waals surface area contributed by atoms with E-state index in [0.29, 0.717) is 12.1 Å². The highest BCUT2D eigenvalue weighted by atomic mass is 16.3. The Morgan fingerprint density at radius 2 is 2.53 bits per heavy atom. The number of nitrogens with zero attached hydrogens (tertiary/aromatic N) is 1. The van der Waals surface area contributed by atoms with Crippen molar-refractivity contribution in [1.29, 1.82) is 0 Å². The second-order valence-electron chi connectivity index (χ2n) is 4.42. The molecule has 2 rings (SSSR count). The van der Waals surface area contributed by atoms with Crippen molar-refractivity contribution in [2.45, 2.75) is 31.8 Å². The Bertz CT molecular complexity index is 278. The van der Waals surface area contributed by atoms with Gasteiger partial charge in [0.25, 0.3) is 0 Å². The minimum atomic E-state index is 0.363. The van der Waals surface area contributed by atoms with Gasteiger partial charge in [-0.05, 0) is 45.5 Å². The molecule has 0 aromatic carbocycles. The normalized spacial score (nSPS) is 23.5. The topological polar surface area (TPSA) is 28.4 Å². The Morgan fingerprint density at radius 3 is 3.13 bits per heavy atom. The SMILES string of the molecule is C[C@@H](c1ccco1)N(C)C[C@@H]1CCCN1. The van der Waals surface area contributed by atoms with Crippen LogP contribution < -0.4 is 5.32 Å². The first-order valence-corrected chi connectivity index (χ1v) is 5.74. The summed E-state index contributed by atoms with van der Waals surface area (Å²) < 4.78 is 5.42. The number of rotatable bonds is 4. The summed E-state index contributed by atoms with van der Waals surface area (Å²) in [6.45, 7) is 4.46. The van der Waals surface area contributed by atoms with Gasteiger partial charge in [-0.1, -0.05) is 0 Å². The summed E-state index contributed by atoms with van der Waals surface area (Å²) in [4.78, 5) is 2.35. The fourth-order valence-corrected chi connectivity index (χ4v) is 2.16. The fourth-order valence-electron chi connectivity index (χ4n) is 2.16. The van der Waals surface area contributed by atoms with E-state index in [2.05, 4.69) is 24.2 Å². The van der Waals surface area contributed by atoms with Gasteiger partial charge < -0.3 is 9.73 Å². The standard InChI is InChI=1S/C12H20N2O/c1-10(12-6-4-8-15-12)14(2)9-11-5-3-7-13-11/h4,6,8,10-11,13H,3,5,7,9H2,1-2H3/t10-,11-/m0/s1. The average molecular weight is 208 g/mol. The third-order valence-electron chi connectivity index (χ3n) is 3.29. The third kappa shape index (κ3) is 2.61. The van der Waals surface area contributed by atoms with Crippen molar-refractivity contribution in [3.8, 4) is 0 Å². The molecule has 1 N–H and O–H groups in total. The Kier molecular flexibility index (Phi) is 3.44. The number of nitrogens with one attached hydrogen (secondary N) is 1. The van der Waals surface area contributed by atoms with Crippen molar-refractivity contribution in [2.24, 2.45) is 0 Å². The van der Waals surface area contributed by atoms with E-state index in [4.69, 9.17) is 4.42 Å². The van der Waals surface area contributed by atoms with Gasteiger partial charge in [-0.25, -0.2) is 0 Å². The molecule has 0 radical (unpaired) electrons. The Morgan fingerprint density at radius 1 is 1.67 bits per heavy atom. The van der Waals surface area contributed by atoms with Gasteiger partial charge in [-0.15, -0.1) is 0 Å². The van der Waals surface area contributed by atoms with Crippen molar-refractivity contribution in [3.05, 3.63) is 24.2 Å². The highest BCUT2D eigenvalue weighted by molar-refractivity contribution is 5.03. The molecule has 1 aliphatic rings. The smallest absolute Gasteiger partial charge is 0.120 e. The number of likely N-dealkylation sites (N-methyl/N-ethyl adjacent to an activating group) is 1. The first kappa shape index (κ1) is 10.7. The molecule has 1 aliphatic heterocycles. The molecule has 0 aliphatic carbocycles. The summed E-state index contributed by atoms with van der Waals surface area (Å²) in [6.07, 6.45) is 4.36. The van der Waals surface area contributed by atoms with Crippen LogP contribution in [0.25, 0.3) is 0 Å². The molecule has 15 heavy (non-hydrogen) atoms. The second kappa shape index (κ2) is 4.81. The highest BCUT2D eigenvalue weighted by Gasteiger charge is 2.20. The van der Waals surface area contributed by atoms with Crippen LogP contribution in [0.5, 0.6) is 0 Å². The van der Waals surface area contributed by atoms with Crippen LogP contribution in [0, 0.1) is 0 Å². The largest absolute Gasteiger partial charge is 0.468 e. The maximum absolute atomic E-state index is 5.42. The molecular formula is C12H20N2O. The predicted molar refractivity (Wildman–Crippen MR) is 60.8 cm³/mol. The van der Waals surface area contributed by atoms with Gasteiger partial charge in [0.1, 0.15) is 5.76 Å². The van der Waals surface area contributed by atoms with E-state index in [0.717, 1.165) is 12.3 Å². The zero-order valence-corrected chi connectivity index (χ0v) is 9.57. The minimum absolute atomic E-state index is 0.363. The lowest BCUT2D eigenvalue weighted by Crippen LogP contribution is -2.36. The van der Waals surface area contributed by atoms with Crippen molar-refractivity contribution in [2.75, 3.05) is 20.1 Å². The van der Waals surface area contributed by atoms with Crippen molar-refractivity contribution < 1.29 is 4.42 Å². The monoisotopic (exact) mass is 208 g/mol. The number of hydrogen-bond donors (Lipinski definition) is 1. The van der Waals surface area contributed by atoms with Gasteiger partial charge in [0.2, 0.25) is 0 Å². The zero-order valence-electron chi connectivity index (χ0n) is 9.57. The molecular weight excluding hydrogens is 188 g/mol. The molecule has 1 saturated heterocycles. The van der Waals surface area contributed by atoms with Gasteiger partial charge >= 0.3 is 0 Å². The first-order chi connectivity index (χ1) is 7.27. The molecule has 0 amide bonds. The summed E-state index contributed by atoms with van der Waals surface area (Å²) in [5, 5.41) is 3.52. The van der Waals surface area contributed by atoms with Gasteiger partial charge in [0.05, 0.1) is 12.3 Å². The van der Waals surface area contributed by atoms with Crippen molar-refractivity contribution in [1.82, 2.24) is 10.2 Å². The summed E-state index contributed by atoms with van der Waals surface area (Å²) in [7, 11) is 2.16. The van der Waals surface area contributed by atoms with E-state index in [9.17, 15) is 0 Å². The molecule has 0 spiro atoms. The van der Waals surface area contributed by atoms with E-state index < -0.39 is 0 Å². The lowest BCUT2D eigenvalue weighted by atomic mass is 10.1. The molecule has 2 atom stereocenters. The maximum Gasteiger partial charge on any atom is 0.120 e. The molecule has 0 saturated carbocycles. The van der Waals surface area contributed by atoms with Crippen LogP contribution in [-0.4, -0.2) is 31.1 Å². The van der Waals surface area contributed by atoms with Crippen LogP contribution in [0.2, 0.25) is 0 Å². The zero-order chi connectivity index (χ0) is 10.7. The van der Waals surface area contributed by atoms with Crippen LogP contribution in [0.1, 0.15) is 31.6 Å². The maximum atomic E-state index is 5.42. The lowest BCUT2D eigenvalue weighted by molar-refractivity contribution is 0.213. The van der Waals surface area contributed by atoms with Crippen molar-refractivity contribution >= 4 is 0 Å². The molecule has 0 unspecified atom stereocenters. The highest BCUT2D eigenvalue weighted by Crippen LogP contribution is 2.20. The number of hydrogen-bond acceptors (Lipinski definition) is 3. The van der Waals surface area contributed by atoms with Crippen LogP contribution in [0.4, 0.5) is 0 Å². The van der Waals surface area contributed by atoms with Crippen LogP contribution in [0.15, 0.2) is 22.8 Å². The Balaban J connectivity index is 1.87. The van der Waals surface area contributed by atoms with E-state index >= 15 is 0 Å². The lowest BCUT2D eigenvalue weighted by Gasteiger charge is -2.26. The molecule has 0 bridgehead atoms. The second-order valence-corrected chi connectivity index (χ2v) is 4.42. The number of furan rings is 1. The Labute approximate surface area is 91.4 Å². The summed E-state index contributed by atoms with van der Waals surface area (Å²) in [5.41, 5.74) is 0. The van der Waals surface area contributed by atoms with E-state index in [-0.39, 0.29) is 0 Å². The summed E-state index contributed by atoms with van der Waals surface area (Å²) >= 11 is 0. The third-order valence-corrected chi connectivity index (χ3v) is 3.29. The first-order valence-electron chi connectivity index (χ1n) is 5.74. The van der Waals surface area contributed by atoms with E-state index in [1.54, 1.807) is 6.26 Å². The minimum Gasteiger partial charge on any atom is -0.468 e. The summed E-state index contributed by atoms with van der Waals surface area (Å²) in [5.74, 6) is 1.05. The summed E-state index contributed by atoms with van der Waals surface area (Å²) in [6, 6.07) is 5.02. The van der Waals surface area contributed by atoms with Gasteiger partial charge in [0, 0.05) is 12.6 Å². The molecule has 1 aromatic rings. The molecule has 84 valence electrons. The van der Waals surface area contributed by atoms with Crippen LogP contribution in [-0.2, 0) is 0 Å². The van der Waals surface area contributed by atoms with Gasteiger partial charge in [-0.2, -0.15) is 0 Å². The molecule has 1 fully saturated rings. The molecule has 3 nitrogen and oxygen atoms in total. The van der Waals surface area contributed by atoms with Crippen molar-refractivity contribution in [3.63, 3.8) is 0 Å². The van der Waals surface area contributed by atoms with Gasteiger partial charge in [0.15, 0.2) is 0 Å². The Hall–Kier alpha value is -0.800. The molecule has 1 aromatic heterocycles. The fraction of sp³-hybridized carbons (Fsp3) is 0.667. The van der Waals surface area contributed by atoms with E-state index in [1.165, 1.54) is 19.4 Å². The quantitative estimate of drug-likeness (QED) is 0.820. The average Bonchev–Trinajstić information content (AvgIpc) is 2.88. The molecule has 2 heterocycles. The predicted octanol–water partition coefficient (Wildman–Crippen LogP) is 2.02. The van der Waals surface area contributed by atoms with Crippen LogP contribution in [0.3, 0.4) is 0 Å². The van der Waals surface area contributed by atoms with Gasteiger partial charge in [-0.3, -0.25) is 4.90 Å².